The highest BCUT2D eigenvalue weighted by Crippen LogP contribution is 2.57. The van der Waals surface area contributed by atoms with Gasteiger partial charge in [0.05, 0.1) is 16.8 Å². The Morgan fingerprint density at radius 3 is 1.47 bits per heavy atom. The molecule has 0 spiro atoms. The van der Waals surface area contributed by atoms with Crippen LogP contribution in [-0.4, -0.2) is 0 Å². The molecule has 320 valence electrons. The topological polar surface area (TPSA) is 3.24 Å². The summed E-state index contributed by atoms with van der Waals surface area (Å²) in [5, 5.41) is 2.41. The SMILES string of the molecule is CC1(c2ccccc2)c2ccccc2-c2ccc(-c3ccccc3N(c3ccc(-c4ccc5c(c4)C(c4ccccc4)(c4ccccc4)c4ccccc4-5)cc3)c3cccc4ccccc34)cc21. The molecule has 0 heterocycles. The molecule has 0 bridgehead atoms. The van der Waals surface area contributed by atoms with E-state index in [2.05, 4.69) is 279 Å². The van der Waals surface area contributed by atoms with E-state index in [1.807, 2.05) is 0 Å². The normalized spacial score (nSPS) is 15.0. The summed E-state index contributed by atoms with van der Waals surface area (Å²) in [6.07, 6.45) is 0. The Kier molecular flexibility index (Phi) is 9.27. The van der Waals surface area contributed by atoms with Gasteiger partial charge in [0, 0.05) is 22.1 Å². The maximum atomic E-state index is 2.47. The second-order valence-corrected chi connectivity index (χ2v) is 18.5. The van der Waals surface area contributed by atoms with Gasteiger partial charge in [-0.2, -0.15) is 0 Å². The van der Waals surface area contributed by atoms with Crippen LogP contribution in [0.4, 0.5) is 17.1 Å². The van der Waals surface area contributed by atoms with Crippen LogP contribution in [0.5, 0.6) is 0 Å². The molecule has 0 amide bonds. The first kappa shape index (κ1) is 39.8. The van der Waals surface area contributed by atoms with Gasteiger partial charge in [0.25, 0.3) is 0 Å². The van der Waals surface area contributed by atoms with Gasteiger partial charge in [0.1, 0.15) is 0 Å². The molecule has 68 heavy (non-hydrogen) atoms. The third-order valence-electron chi connectivity index (χ3n) is 15.0. The molecule has 0 saturated heterocycles. The van der Waals surface area contributed by atoms with Crippen LogP contribution in [0, 0.1) is 0 Å². The smallest absolute Gasteiger partial charge is 0.0713 e. The maximum absolute atomic E-state index is 2.47. The van der Waals surface area contributed by atoms with E-state index < -0.39 is 5.41 Å². The second kappa shape index (κ2) is 15.8. The summed E-state index contributed by atoms with van der Waals surface area (Å²) in [6, 6.07) is 98.9. The summed E-state index contributed by atoms with van der Waals surface area (Å²) in [7, 11) is 0. The number of hydrogen-bond acceptors (Lipinski definition) is 1. The molecule has 11 aromatic carbocycles. The lowest BCUT2D eigenvalue weighted by Crippen LogP contribution is -2.28. The fourth-order valence-corrected chi connectivity index (χ4v) is 11.9. The number of rotatable bonds is 8. The number of hydrogen-bond donors (Lipinski definition) is 0. The highest BCUT2D eigenvalue weighted by atomic mass is 15.1. The van der Waals surface area contributed by atoms with Crippen molar-refractivity contribution in [2.45, 2.75) is 17.8 Å². The molecule has 0 N–H and O–H groups in total. The van der Waals surface area contributed by atoms with Crippen LogP contribution in [0.1, 0.15) is 45.9 Å². The molecule has 0 aromatic heterocycles. The van der Waals surface area contributed by atoms with Crippen molar-refractivity contribution in [3.63, 3.8) is 0 Å². The first-order valence-electron chi connectivity index (χ1n) is 23.8. The van der Waals surface area contributed by atoms with Gasteiger partial charge in [-0.15, -0.1) is 0 Å². The molecule has 0 aliphatic heterocycles. The van der Waals surface area contributed by atoms with Crippen molar-refractivity contribution in [3.05, 3.63) is 306 Å². The summed E-state index contributed by atoms with van der Waals surface area (Å²) in [5.74, 6) is 0. The lowest BCUT2D eigenvalue weighted by atomic mass is 9.67. The summed E-state index contributed by atoms with van der Waals surface area (Å²) in [6.45, 7) is 2.40. The van der Waals surface area contributed by atoms with Crippen molar-refractivity contribution in [2.75, 3.05) is 4.90 Å². The van der Waals surface area contributed by atoms with Crippen LogP contribution in [-0.2, 0) is 10.8 Å². The van der Waals surface area contributed by atoms with Crippen molar-refractivity contribution in [3.8, 4) is 44.5 Å². The number of anilines is 3. The van der Waals surface area contributed by atoms with Gasteiger partial charge in [-0.1, -0.05) is 231 Å². The van der Waals surface area contributed by atoms with Crippen LogP contribution < -0.4 is 4.90 Å². The Balaban J connectivity index is 0.963. The fourth-order valence-electron chi connectivity index (χ4n) is 11.9. The zero-order valence-electron chi connectivity index (χ0n) is 37.9. The molecule has 1 unspecified atom stereocenters. The zero-order valence-corrected chi connectivity index (χ0v) is 37.9. The van der Waals surface area contributed by atoms with Gasteiger partial charge in [0.2, 0.25) is 0 Å². The van der Waals surface area contributed by atoms with Crippen LogP contribution in [0.3, 0.4) is 0 Å². The number of benzene rings is 11. The lowest BCUT2D eigenvalue weighted by Gasteiger charge is -2.34. The van der Waals surface area contributed by atoms with Crippen LogP contribution in [0.15, 0.2) is 267 Å². The Morgan fingerprint density at radius 2 is 0.765 bits per heavy atom. The van der Waals surface area contributed by atoms with E-state index in [1.54, 1.807) is 0 Å². The van der Waals surface area contributed by atoms with Crippen molar-refractivity contribution in [1.82, 2.24) is 0 Å². The number of para-hydroxylation sites is 1. The minimum absolute atomic E-state index is 0.300. The summed E-state index contributed by atoms with van der Waals surface area (Å²) < 4.78 is 0. The highest BCUT2D eigenvalue weighted by molar-refractivity contribution is 6.01. The molecule has 13 rings (SSSR count). The molecule has 0 radical (unpaired) electrons. The predicted molar refractivity (Wildman–Crippen MR) is 284 cm³/mol. The first-order chi connectivity index (χ1) is 33.6. The van der Waals surface area contributed by atoms with Crippen molar-refractivity contribution in [2.24, 2.45) is 0 Å². The van der Waals surface area contributed by atoms with Crippen molar-refractivity contribution in [1.29, 1.82) is 0 Å². The molecule has 0 fully saturated rings. The minimum Gasteiger partial charge on any atom is -0.309 e. The Labute approximate surface area is 398 Å². The Bertz CT molecular complexity index is 3640. The van der Waals surface area contributed by atoms with Gasteiger partial charge in [-0.25, -0.2) is 0 Å². The van der Waals surface area contributed by atoms with E-state index in [-0.39, 0.29) is 5.41 Å². The third-order valence-corrected chi connectivity index (χ3v) is 15.0. The van der Waals surface area contributed by atoms with Crippen molar-refractivity contribution >= 4 is 27.8 Å². The van der Waals surface area contributed by atoms with E-state index in [1.165, 1.54) is 94.2 Å². The Hall–Kier alpha value is -8.52. The Morgan fingerprint density at radius 1 is 0.294 bits per heavy atom. The van der Waals surface area contributed by atoms with E-state index >= 15 is 0 Å². The molecular formula is C67H47N. The second-order valence-electron chi connectivity index (χ2n) is 18.5. The summed E-state index contributed by atoms with van der Waals surface area (Å²) in [5.41, 5.74) is 21.7. The van der Waals surface area contributed by atoms with Gasteiger partial charge >= 0.3 is 0 Å². The molecule has 1 heteroatoms. The van der Waals surface area contributed by atoms with Crippen LogP contribution >= 0.6 is 0 Å². The predicted octanol–water partition coefficient (Wildman–Crippen LogP) is 17.3. The van der Waals surface area contributed by atoms with E-state index in [9.17, 15) is 0 Å². The molecule has 2 aliphatic rings. The van der Waals surface area contributed by atoms with Gasteiger partial charge in [-0.3, -0.25) is 0 Å². The average molecular weight is 866 g/mol. The minimum atomic E-state index is -0.460. The lowest BCUT2D eigenvalue weighted by molar-refractivity contribution is 0.714. The molecule has 1 nitrogen and oxygen atoms in total. The third kappa shape index (κ3) is 5.95. The van der Waals surface area contributed by atoms with Crippen molar-refractivity contribution < 1.29 is 0 Å². The van der Waals surface area contributed by atoms with E-state index in [4.69, 9.17) is 0 Å². The quantitative estimate of drug-likeness (QED) is 0.147. The van der Waals surface area contributed by atoms with E-state index in [0.29, 0.717) is 0 Å². The number of fused-ring (bicyclic) bond motifs is 7. The van der Waals surface area contributed by atoms with Gasteiger partial charge < -0.3 is 4.90 Å². The van der Waals surface area contributed by atoms with Gasteiger partial charge in [-0.05, 0) is 127 Å². The zero-order chi connectivity index (χ0) is 45.2. The molecular weight excluding hydrogens is 819 g/mol. The molecule has 0 saturated carbocycles. The molecule has 11 aromatic rings. The monoisotopic (exact) mass is 865 g/mol. The van der Waals surface area contributed by atoms with Crippen LogP contribution in [0.2, 0.25) is 0 Å². The molecule has 2 aliphatic carbocycles. The maximum Gasteiger partial charge on any atom is 0.0713 e. The number of nitrogens with zero attached hydrogens (tertiary/aromatic N) is 1. The standard InChI is InChI=1S/C67H47N/c1-66(50-22-5-2-6-23-50)60-32-16-13-30-56(60)58-43-39-49(45-62(58)66)55-29-15-18-34-64(55)68(65-35-19-21-47-20-11-12-28-54(47)65)53-40-36-46(37-41-53)48-38-42-59-57-31-14-17-33-61(57)67(63(59)44-48,51-24-7-3-8-25-51)52-26-9-4-10-27-52/h2-45H,1H3. The van der Waals surface area contributed by atoms with Crippen LogP contribution in [0.25, 0.3) is 55.3 Å². The van der Waals surface area contributed by atoms with E-state index in [0.717, 1.165) is 17.1 Å². The van der Waals surface area contributed by atoms with Gasteiger partial charge in [0.15, 0.2) is 0 Å². The summed E-state index contributed by atoms with van der Waals surface area (Å²) in [4.78, 5) is 2.47. The largest absolute Gasteiger partial charge is 0.309 e. The molecule has 1 atom stereocenters. The average Bonchev–Trinajstić information content (AvgIpc) is 3.86. The highest BCUT2D eigenvalue weighted by Gasteiger charge is 2.46. The summed E-state index contributed by atoms with van der Waals surface area (Å²) >= 11 is 0. The first-order valence-corrected chi connectivity index (χ1v) is 23.8. The fraction of sp³-hybridized carbons (Fsp3) is 0.0448.